The number of aromatic nitrogens is 1. The molecule has 0 aliphatic heterocycles. The standard InChI is InChI=1S/C14H14FNO2/c1-9-5-6-10(15)8-11(9)14(17)13-12(18-2)4-3-7-16-13/h3-8,14,17H,1-2H3. The highest BCUT2D eigenvalue weighted by Gasteiger charge is 2.18. The third kappa shape index (κ3) is 2.33. The summed E-state index contributed by atoms with van der Waals surface area (Å²) in [6.07, 6.45) is 0.562. The van der Waals surface area contributed by atoms with E-state index in [9.17, 15) is 9.50 Å². The molecule has 0 aliphatic rings. The van der Waals surface area contributed by atoms with Gasteiger partial charge in [-0.3, -0.25) is 4.98 Å². The Kier molecular flexibility index (Phi) is 3.58. The van der Waals surface area contributed by atoms with E-state index in [0.29, 0.717) is 17.0 Å². The average molecular weight is 247 g/mol. The van der Waals surface area contributed by atoms with E-state index in [4.69, 9.17) is 4.74 Å². The number of halogens is 1. The summed E-state index contributed by atoms with van der Waals surface area (Å²) in [4.78, 5) is 4.10. The Morgan fingerprint density at radius 3 is 2.83 bits per heavy atom. The number of pyridine rings is 1. The van der Waals surface area contributed by atoms with Crippen LogP contribution in [0.15, 0.2) is 36.5 Å². The van der Waals surface area contributed by atoms with Gasteiger partial charge in [0.1, 0.15) is 23.4 Å². The summed E-state index contributed by atoms with van der Waals surface area (Å²) in [6, 6.07) is 7.73. The predicted octanol–water partition coefficient (Wildman–Crippen LogP) is 2.62. The van der Waals surface area contributed by atoms with Gasteiger partial charge in [0.2, 0.25) is 0 Å². The summed E-state index contributed by atoms with van der Waals surface area (Å²) >= 11 is 0. The van der Waals surface area contributed by atoms with Crippen LogP contribution >= 0.6 is 0 Å². The Hall–Kier alpha value is -1.94. The molecule has 0 saturated heterocycles. The van der Waals surface area contributed by atoms with E-state index in [2.05, 4.69) is 4.98 Å². The number of rotatable bonds is 3. The van der Waals surface area contributed by atoms with Gasteiger partial charge in [0.15, 0.2) is 0 Å². The van der Waals surface area contributed by atoms with Crippen molar-refractivity contribution in [2.24, 2.45) is 0 Å². The predicted molar refractivity (Wildman–Crippen MR) is 66.0 cm³/mol. The largest absolute Gasteiger partial charge is 0.495 e. The first-order valence-electron chi connectivity index (χ1n) is 5.56. The summed E-state index contributed by atoms with van der Waals surface area (Å²) in [7, 11) is 1.51. The first kappa shape index (κ1) is 12.5. The molecule has 0 spiro atoms. The van der Waals surface area contributed by atoms with Crippen LogP contribution in [0.4, 0.5) is 4.39 Å². The fraction of sp³-hybridized carbons (Fsp3) is 0.214. The Labute approximate surface area is 105 Å². The molecule has 0 saturated carbocycles. The molecular weight excluding hydrogens is 233 g/mol. The second-order valence-electron chi connectivity index (χ2n) is 3.99. The Bertz CT molecular complexity index is 557. The van der Waals surface area contributed by atoms with Crippen molar-refractivity contribution < 1.29 is 14.2 Å². The number of ether oxygens (including phenoxy) is 1. The lowest BCUT2D eigenvalue weighted by Gasteiger charge is -2.15. The summed E-state index contributed by atoms with van der Waals surface area (Å²) in [5.74, 6) is 0.0956. The average Bonchev–Trinajstić information content (AvgIpc) is 2.40. The Morgan fingerprint density at radius 2 is 2.11 bits per heavy atom. The number of aliphatic hydroxyl groups excluding tert-OH is 1. The minimum Gasteiger partial charge on any atom is -0.495 e. The SMILES string of the molecule is COc1cccnc1C(O)c1cc(F)ccc1C. The zero-order valence-corrected chi connectivity index (χ0v) is 10.2. The summed E-state index contributed by atoms with van der Waals surface area (Å²) in [5.41, 5.74) is 1.68. The molecule has 94 valence electrons. The van der Waals surface area contributed by atoms with Gasteiger partial charge in [-0.25, -0.2) is 4.39 Å². The maximum absolute atomic E-state index is 13.2. The number of nitrogens with zero attached hydrogens (tertiary/aromatic N) is 1. The molecule has 0 fully saturated rings. The van der Waals surface area contributed by atoms with Gasteiger partial charge < -0.3 is 9.84 Å². The first-order valence-corrected chi connectivity index (χ1v) is 5.56. The van der Waals surface area contributed by atoms with Gasteiger partial charge in [-0.15, -0.1) is 0 Å². The molecule has 1 N–H and O–H groups in total. The number of benzene rings is 1. The summed E-state index contributed by atoms with van der Waals surface area (Å²) < 4.78 is 18.4. The van der Waals surface area contributed by atoms with Crippen LogP contribution in [0.25, 0.3) is 0 Å². The highest BCUT2D eigenvalue weighted by molar-refractivity contribution is 5.38. The van der Waals surface area contributed by atoms with Gasteiger partial charge >= 0.3 is 0 Å². The van der Waals surface area contributed by atoms with Crippen molar-refractivity contribution in [2.75, 3.05) is 7.11 Å². The van der Waals surface area contributed by atoms with Crippen molar-refractivity contribution in [3.05, 3.63) is 59.2 Å². The van der Waals surface area contributed by atoms with Crippen molar-refractivity contribution in [2.45, 2.75) is 13.0 Å². The summed E-state index contributed by atoms with van der Waals surface area (Å²) in [5, 5.41) is 10.3. The monoisotopic (exact) mass is 247 g/mol. The second-order valence-corrected chi connectivity index (χ2v) is 3.99. The fourth-order valence-electron chi connectivity index (χ4n) is 1.83. The van der Waals surface area contributed by atoms with Gasteiger partial charge in [-0.2, -0.15) is 0 Å². The van der Waals surface area contributed by atoms with Crippen molar-refractivity contribution in [1.29, 1.82) is 0 Å². The highest BCUT2D eigenvalue weighted by atomic mass is 19.1. The van der Waals surface area contributed by atoms with Crippen LogP contribution in [0.2, 0.25) is 0 Å². The molecule has 0 bridgehead atoms. The molecule has 1 unspecified atom stereocenters. The normalized spacial score (nSPS) is 12.2. The summed E-state index contributed by atoms with van der Waals surface area (Å²) in [6.45, 7) is 1.81. The molecule has 1 heterocycles. The van der Waals surface area contributed by atoms with Crippen LogP contribution < -0.4 is 4.74 Å². The lowest BCUT2D eigenvalue weighted by molar-refractivity contribution is 0.208. The van der Waals surface area contributed by atoms with Crippen molar-refractivity contribution in [1.82, 2.24) is 4.98 Å². The van der Waals surface area contributed by atoms with Crippen LogP contribution in [0.5, 0.6) is 5.75 Å². The number of aryl methyl sites for hydroxylation is 1. The lowest BCUT2D eigenvalue weighted by Crippen LogP contribution is -2.06. The minimum absolute atomic E-state index is 0.383. The van der Waals surface area contributed by atoms with Crippen LogP contribution in [0.3, 0.4) is 0 Å². The fourth-order valence-corrected chi connectivity index (χ4v) is 1.83. The third-order valence-corrected chi connectivity index (χ3v) is 2.81. The molecule has 2 aromatic rings. The molecule has 2 rings (SSSR count). The highest BCUT2D eigenvalue weighted by Crippen LogP contribution is 2.29. The first-order chi connectivity index (χ1) is 8.63. The lowest BCUT2D eigenvalue weighted by atomic mass is 10.00. The van der Waals surface area contributed by atoms with E-state index in [-0.39, 0.29) is 5.82 Å². The maximum atomic E-state index is 13.2. The quantitative estimate of drug-likeness (QED) is 0.906. The molecule has 0 aliphatic carbocycles. The van der Waals surface area contributed by atoms with Gasteiger partial charge in [0.25, 0.3) is 0 Å². The van der Waals surface area contributed by atoms with E-state index in [0.717, 1.165) is 5.56 Å². The van der Waals surface area contributed by atoms with Gasteiger partial charge in [-0.05, 0) is 42.3 Å². The Balaban J connectivity index is 2.47. The van der Waals surface area contributed by atoms with E-state index in [1.54, 1.807) is 24.4 Å². The van der Waals surface area contributed by atoms with E-state index >= 15 is 0 Å². The molecule has 1 atom stereocenters. The topological polar surface area (TPSA) is 42.4 Å². The number of methoxy groups -OCH3 is 1. The zero-order valence-electron chi connectivity index (χ0n) is 10.2. The van der Waals surface area contributed by atoms with E-state index in [1.165, 1.54) is 19.2 Å². The number of aliphatic hydroxyl groups is 1. The smallest absolute Gasteiger partial charge is 0.143 e. The second kappa shape index (κ2) is 5.14. The molecule has 0 radical (unpaired) electrons. The van der Waals surface area contributed by atoms with Crippen molar-refractivity contribution in [3.8, 4) is 5.75 Å². The minimum atomic E-state index is -1.00. The molecule has 1 aromatic heterocycles. The Morgan fingerprint density at radius 1 is 1.33 bits per heavy atom. The third-order valence-electron chi connectivity index (χ3n) is 2.81. The molecule has 4 heteroatoms. The van der Waals surface area contributed by atoms with Crippen molar-refractivity contribution in [3.63, 3.8) is 0 Å². The van der Waals surface area contributed by atoms with Crippen LogP contribution in [0.1, 0.15) is 22.9 Å². The van der Waals surface area contributed by atoms with Gasteiger partial charge in [-0.1, -0.05) is 6.07 Å². The number of hydrogen-bond donors (Lipinski definition) is 1. The van der Waals surface area contributed by atoms with E-state index in [1.807, 2.05) is 6.92 Å². The van der Waals surface area contributed by atoms with Crippen LogP contribution in [0, 0.1) is 12.7 Å². The maximum Gasteiger partial charge on any atom is 0.143 e. The zero-order chi connectivity index (χ0) is 13.1. The molecule has 0 amide bonds. The molecule has 1 aromatic carbocycles. The molecule has 3 nitrogen and oxygen atoms in total. The molecular formula is C14H14FNO2. The van der Waals surface area contributed by atoms with Gasteiger partial charge in [0, 0.05) is 6.20 Å². The van der Waals surface area contributed by atoms with Crippen molar-refractivity contribution >= 4 is 0 Å². The number of hydrogen-bond acceptors (Lipinski definition) is 3. The molecule has 18 heavy (non-hydrogen) atoms. The van der Waals surface area contributed by atoms with E-state index < -0.39 is 6.10 Å². The van der Waals surface area contributed by atoms with Crippen LogP contribution in [-0.2, 0) is 0 Å². The van der Waals surface area contributed by atoms with Crippen LogP contribution in [-0.4, -0.2) is 17.2 Å². The van der Waals surface area contributed by atoms with Gasteiger partial charge in [0.05, 0.1) is 7.11 Å².